The maximum Gasteiger partial charge on any atom is 0.160 e. The smallest absolute Gasteiger partial charge is 0.160 e. The summed E-state index contributed by atoms with van der Waals surface area (Å²) in [5.41, 5.74) is 14.5. The molecule has 3 heteroatoms. The normalized spacial score (nSPS) is 11.6. The first-order valence-electron chi connectivity index (χ1n) is 24.6. The zero-order chi connectivity index (χ0) is 47.5. The molecule has 0 N–H and O–H groups in total. The van der Waals surface area contributed by atoms with E-state index in [0.717, 1.165) is 89.0 Å². The van der Waals surface area contributed by atoms with E-state index in [4.69, 9.17) is 15.0 Å². The minimum atomic E-state index is 0.672. The van der Waals surface area contributed by atoms with Gasteiger partial charge in [-0.05, 0) is 95.2 Å². The fraction of sp³-hybridized carbons (Fsp3) is 0. The number of pyridine rings is 1. The van der Waals surface area contributed by atoms with Gasteiger partial charge in [0.1, 0.15) is 0 Å². The van der Waals surface area contributed by atoms with Crippen molar-refractivity contribution in [1.82, 2.24) is 15.0 Å². The highest BCUT2D eigenvalue weighted by Gasteiger charge is 2.19. The van der Waals surface area contributed by atoms with Crippen molar-refractivity contribution in [2.75, 3.05) is 0 Å². The second-order valence-electron chi connectivity index (χ2n) is 18.7. The Hall–Kier alpha value is -9.57. The molecule has 0 amide bonds. The Morgan fingerprint density at radius 3 is 1.38 bits per heavy atom. The number of benzene rings is 12. The Bertz CT molecular complexity index is 4290. The van der Waals surface area contributed by atoms with Crippen molar-refractivity contribution < 1.29 is 0 Å². The van der Waals surface area contributed by atoms with E-state index in [2.05, 4.69) is 255 Å². The maximum atomic E-state index is 5.70. The third kappa shape index (κ3) is 7.10. The van der Waals surface area contributed by atoms with Gasteiger partial charge < -0.3 is 0 Å². The Morgan fingerprint density at radius 2 is 0.694 bits per heavy atom. The van der Waals surface area contributed by atoms with Crippen LogP contribution in [0.4, 0.5) is 0 Å². The first-order valence-corrected chi connectivity index (χ1v) is 24.6. The molecule has 72 heavy (non-hydrogen) atoms. The van der Waals surface area contributed by atoms with Crippen LogP contribution in [0.15, 0.2) is 261 Å². The molecule has 0 aliphatic rings. The standard InChI is InChI=1S/C69H43N3/c1-3-16-44(17-4-1)49-21-13-23-52(40-49)65-43-64(70-69(71-65)53-24-14-22-50(41-53)45-18-5-2-6-19-45)47-32-34-48(35-33-47)67-62-39-36-46-20-7-8-25-54(46)66(62)61-31-15-30-55(68(61)72-67)51-37-38-60-58-28-10-9-26-56(58)57-27-11-12-29-59(57)63(60)42-51/h1-43H. The summed E-state index contributed by atoms with van der Waals surface area (Å²) in [4.78, 5) is 16.3. The van der Waals surface area contributed by atoms with Crippen LogP contribution in [0.25, 0.3) is 143 Å². The number of hydrogen-bond donors (Lipinski definition) is 0. The Morgan fingerprint density at radius 1 is 0.222 bits per heavy atom. The summed E-state index contributed by atoms with van der Waals surface area (Å²) in [6.07, 6.45) is 0. The van der Waals surface area contributed by atoms with Crippen molar-refractivity contribution >= 4 is 64.8 Å². The fourth-order valence-electron chi connectivity index (χ4n) is 11.0. The maximum absolute atomic E-state index is 5.70. The molecule has 2 heterocycles. The summed E-state index contributed by atoms with van der Waals surface area (Å²) in [7, 11) is 0. The van der Waals surface area contributed by atoms with Gasteiger partial charge in [-0.3, -0.25) is 0 Å². The average Bonchev–Trinajstić information content (AvgIpc) is 3.47. The Labute approximate surface area is 417 Å². The lowest BCUT2D eigenvalue weighted by atomic mass is 9.90. The van der Waals surface area contributed by atoms with E-state index in [1.165, 1.54) is 48.5 Å². The molecular weight excluding hydrogens is 871 g/mol. The quantitative estimate of drug-likeness (QED) is 0.150. The monoisotopic (exact) mass is 913 g/mol. The van der Waals surface area contributed by atoms with E-state index < -0.39 is 0 Å². The van der Waals surface area contributed by atoms with Crippen LogP contribution < -0.4 is 0 Å². The van der Waals surface area contributed by atoms with Gasteiger partial charge >= 0.3 is 0 Å². The van der Waals surface area contributed by atoms with Gasteiger partial charge in [-0.1, -0.05) is 237 Å². The Balaban J connectivity index is 0.935. The van der Waals surface area contributed by atoms with Crippen molar-refractivity contribution in [3.8, 4) is 78.5 Å². The van der Waals surface area contributed by atoms with Crippen LogP contribution in [-0.4, -0.2) is 15.0 Å². The van der Waals surface area contributed by atoms with E-state index in [0.29, 0.717) is 5.82 Å². The van der Waals surface area contributed by atoms with Gasteiger partial charge in [0.25, 0.3) is 0 Å². The third-order valence-corrected chi connectivity index (χ3v) is 14.4. The minimum absolute atomic E-state index is 0.672. The molecule has 0 atom stereocenters. The van der Waals surface area contributed by atoms with Crippen molar-refractivity contribution in [3.63, 3.8) is 0 Å². The Kier molecular flexibility index (Phi) is 9.85. The number of fused-ring (bicyclic) bond motifs is 11. The summed E-state index contributed by atoms with van der Waals surface area (Å²) in [6.45, 7) is 0. The highest BCUT2D eigenvalue weighted by atomic mass is 14.9. The van der Waals surface area contributed by atoms with Crippen molar-refractivity contribution in [1.29, 1.82) is 0 Å². The van der Waals surface area contributed by atoms with Gasteiger partial charge in [-0.25, -0.2) is 15.0 Å². The van der Waals surface area contributed by atoms with Crippen LogP contribution in [0.3, 0.4) is 0 Å². The molecule has 0 aliphatic heterocycles. The summed E-state index contributed by atoms with van der Waals surface area (Å²) in [6, 6.07) is 93.5. The molecule has 14 rings (SSSR count). The fourth-order valence-corrected chi connectivity index (χ4v) is 11.0. The van der Waals surface area contributed by atoms with Crippen molar-refractivity contribution in [2.24, 2.45) is 0 Å². The van der Waals surface area contributed by atoms with Gasteiger partial charge in [-0.2, -0.15) is 0 Å². The zero-order valence-corrected chi connectivity index (χ0v) is 39.2. The van der Waals surface area contributed by atoms with Crippen LogP contribution in [-0.2, 0) is 0 Å². The number of rotatable bonds is 7. The molecule has 0 saturated carbocycles. The molecule has 14 aromatic rings. The summed E-state index contributed by atoms with van der Waals surface area (Å²) in [5, 5.41) is 13.4. The summed E-state index contributed by atoms with van der Waals surface area (Å²) in [5.74, 6) is 0.672. The molecule has 3 nitrogen and oxygen atoms in total. The van der Waals surface area contributed by atoms with Crippen LogP contribution in [0.2, 0.25) is 0 Å². The van der Waals surface area contributed by atoms with Gasteiger partial charge in [0.2, 0.25) is 0 Å². The molecule has 0 radical (unpaired) electrons. The van der Waals surface area contributed by atoms with Gasteiger partial charge in [-0.15, -0.1) is 0 Å². The van der Waals surface area contributed by atoms with Crippen LogP contribution >= 0.6 is 0 Å². The molecule has 0 bridgehead atoms. The largest absolute Gasteiger partial charge is 0.246 e. The zero-order valence-electron chi connectivity index (χ0n) is 39.2. The lowest BCUT2D eigenvalue weighted by Gasteiger charge is -2.16. The van der Waals surface area contributed by atoms with Crippen LogP contribution in [0.5, 0.6) is 0 Å². The lowest BCUT2D eigenvalue weighted by Crippen LogP contribution is -1.97. The van der Waals surface area contributed by atoms with Gasteiger partial charge in [0.15, 0.2) is 5.82 Å². The molecular formula is C69H43N3. The highest BCUT2D eigenvalue weighted by molar-refractivity contribution is 6.27. The SMILES string of the molecule is c1ccc(-c2cccc(-c3cc(-c4ccc(-c5nc6c(-c7ccc8c9ccccc9c9ccccc9c8c7)cccc6c6c5ccc5ccccc56)cc4)nc(-c4cccc(-c5ccccc5)c4)n3)c2)cc1. The first kappa shape index (κ1) is 41.4. The summed E-state index contributed by atoms with van der Waals surface area (Å²) < 4.78 is 0. The molecule has 0 saturated heterocycles. The van der Waals surface area contributed by atoms with Gasteiger partial charge in [0.05, 0.1) is 22.6 Å². The topological polar surface area (TPSA) is 38.7 Å². The molecule has 2 aromatic heterocycles. The van der Waals surface area contributed by atoms with Crippen LogP contribution in [0.1, 0.15) is 0 Å². The van der Waals surface area contributed by atoms with Gasteiger partial charge in [0, 0.05) is 44.0 Å². The molecule has 0 fully saturated rings. The second-order valence-corrected chi connectivity index (χ2v) is 18.7. The minimum Gasteiger partial charge on any atom is -0.246 e. The van der Waals surface area contributed by atoms with E-state index in [-0.39, 0.29) is 0 Å². The lowest BCUT2D eigenvalue weighted by molar-refractivity contribution is 1.18. The number of aromatic nitrogens is 3. The second kappa shape index (κ2) is 17.1. The number of nitrogens with zero attached hydrogens (tertiary/aromatic N) is 3. The number of hydrogen-bond acceptors (Lipinski definition) is 3. The van der Waals surface area contributed by atoms with Crippen LogP contribution in [0, 0.1) is 0 Å². The average molecular weight is 914 g/mol. The predicted molar refractivity (Wildman–Crippen MR) is 303 cm³/mol. The molecule has 0 spiro atoms. The van der Waals surface area contributed by atoms with E-state index in [9.17, 15) is 0 Å². The molecule has 12 aromatic carbocycles. The van der Waals surface area contributed by atoms with E-state index in [1.54, 1.807) is 0 Å². The number of para-hydroxylation sites is 1. The van der Waals surface area contributed by atoms with Crippen molar-refractivity contribution in [3.05, 3.63) is 261 Å². The third-order valence-electron chi connectivity index (χ3n) is 14.4. The van der Waals surface area contributed by atoms with E-state index in [1.807, 2.05) is 6.07 Å². The molecule has 0 unspecified atom stereocenters. The molecule has 0 aliphatic carbocycles. The molecule has 334 valence electrons. The van der Waals surface area contributed by atoms with E-state index >= 15 is 0 Å². The predicted octanol–water partition coefficient (Wildman–Crippen LogP) is 18.5. The summed E-state index contributed by atoms with van der Waals surface area (Å²) >= 11 is 0. The first-order chi connectivity index (χ1) is 35.7. The van der Waals surface area contributed by atoms with Crippen molar-refractivity contribution in [2.45, 2.75) is 0 Å². The highest BCUT2D eigenvalue weighted by Crippen LogP contribution is 2.43.